The molecule has 0 saturated carbocycles. The lowest BCUT2D eigenvalue weighted by molar-refractivity contribution is 0.0783. The van der Waals surface area contributed by atoms with E-state index >= 15 is 0 Å². The van der Waals surface area contributed by atoms with Crippen LogP contribution in [0.3, 0.4) is 0 Å². The quantitative estimate of drug-likeness (QED) is 0.924. The van der Waals surface area contributed by atoms with Crippen molar-refractivity contribution in [1.29, 1.82) is 0 Å². The van der Waals surface area contributed by atoms with Crippen molar-refractivity contribution in [2.75, 3.05) is 25.9 Å². The van der Waals surface area contributed by atoms with E-state index in [1.807, 2.05) is 30.3 Å². The van der Waals surface area contributed by atoms with Crippen molar-refractivity contribution in [2.24, 2.45) is 0 Å². The molecule has 7 heteroatoms. The highest BCUT2D eigenvalue weighted by atomic mass is 32.1. The van der Waals surface area contributed by atoms with E-state index in [1.54, 1.807) is 12.3 Å². The van der Waals surface area contributed by atoms with Gasteiger partial charge in [-0.2, -0.15) is 0 Å². The fraction of sp³-hybridized carbons (Fsp3) is 0.438. The molecule has 2 aromatic heterocycles. The number of amides is 1. The zero-order valence-corrected chi connectivity index (χ0v) is 14.2. The van der Waals surface area contributed by atoms with Crippen LogP contribution in [0.5, 0.6) is 0 Å². The van der Waals surface area contributed by atoms with Crippen molar-refractivity contribution in [2.45, 2.75) is 25.9 Å². The third kappa shape index (κ3) is 3.51. The van der Waals surface area contributed by atoms with Gasteiger partial charge < -0.3 is 10.6 Å². The first-order chi connectivity index (χ1) is 11.0. The van der Waals surface area contributed by atoms with E-state index in [0.29, 0.717) is 24.2 Å². The smallest absolute Gasteiger partial charge is 0.264 e. The molecule has 2 N–H and O–H groups in total. The second-order valence-electron chi connectivity index (χ2n) is 5.94. The Morgan fingerprint density at radius 2 is 2.35 bits per heavy atom. The van der Waals surface area contributed by atoms with Crippen LogP contribution in [-0.4, -0.2) is 51.9 Å². The van der Waals surface area contributed by atoms with Gasteiger partial charge in [0.15, 0.2) is 0 Å². The number of aromatic nitrogens is 2. The van der Waals surface area contributed by atoms with E-state index in [9.17, 15) is 4.79 Å². The molecule has 1 unspecified atom stereocenters. The SMILES string of the molecule is Cc1ccsc1C(=O)N1CCC(N(C)Cc2nccc(N)n2)C1. The van der Waals surface area contributed by atoms with Crippen molar-refractivity contribution < 1.29 is 4.79 Å². The van der Waals surface area contributed by atoms with Crippen LogP contribution in [0.15, 0.2) is 23.7 Å². The summed E-state index contributed by atoms with van der Waals surface area (Å²) in [6.45, 7) is 4.16. The second kappa shape index (κ2) is 6.64. The fourth-order valence-corrected chi connectivity index (χ4v) is 3.76. The molecular formula is C16H21N5OS. The maximum absolute atomic E-state index is 12.6. The molecule has 1 aliphatic heterocycles. The van der Waals surface area contributed by atoms with Crippen molar-refractivity contribution in [3.8, 4) is 0 Å². The normalized spacial score (nSPS) is 17.9. The van der Waals surface area contributed by atoms with E-state index in [1.165, 1.54) is 11.3 Å². The van der Waals surface area contributed by atoms with Crippen LogP contribution in [-0.2, 0) is 6.54 Å². The number of anilines is 1. The van der Waals surface area contributed by atoms with Gasteiger partial charge in [0.2, 0.25) is 0 Å². The Kier molecular flexibility index (Phi) is 4.58. The molecule has 1 fully saturated rings. The molecule has 3 heterocycles. The van der Waals surface area contributed by atoms with Crippen LogP contribution in [0.2, 0.25) is 0 Å². The highest BCUT2D eigenvalue weighted by molar-refractivity contribution is 7.12. The van der Waals surface area contributed by atoms with Crippen molar-refractivity contribution in [3.63, 3.8) is 0 Å². The van der Waals surface area contributed by atoms with Crippen molar-refractivity contribution in [3.05, 3.63) is 40.0 Å². The Morgan fingerprint density at radius 3 is 3.04 bits per heavy atom. The van der Waals surface area contributed by atoms with Gasteiger partial charge >= 0.3 is 0 Å². The predicted octanol–water partition coefficient (Wildman–Crippen LogP) is 1.78. The lowest BCUT2D eigenvalue weighted by atomic mass is 10.2. The predicted molar refractivity (Wildman–Crippen MR) is 91.3 cm³/mol. The van der Waals surface area contributed by atoms with Gasteiger partial charge in [-0.3, -0.25) is 9.69 Å². The fourth-order valence-electron chi connectivity index (χ4n) is 2.86. The molecule has 6 nitrogen and oxygen atoms in total. The topological polar surface area (TPSA) is 75.4 Å². The first kappa shape index (κ1) is 15.9. The standard InChI is InChI=1S/C16H21N5OS/c1-11-5-8-23-15(11)16(22)21-7-4-12(9-21)20(2)10-14-18-6-3-13(17)19-14/h3,5-6,8,12H,4,7,9-10H2,1-2H3,(H2,17,18,19). The van der Waals surface area contributed by atoms with Gasteiger partial charge in [0.1, 0.15) is 11.6 Å². The number of hydrogen-bond donors (Lipinski definition) is 1. The summed E-state index contributed by atoms with van der Waals surface area (Å²) >= 11 is 1.52. The number of hydrogen-bond acceptors (Lipinski definition) is 6. The minimum Gasteiger partial charge on any atom is -0.384 e. The van der Waals surface area contributed by atoms with E-state index in [0.717, 1.165) is 30.0 Å². The summed E-state index contributed by atoms with van der Waals surface area (Å²) < 4.78 is 0. The average molecular weight is 331 g/mol. The van der Waals surface area contributed by atoms with Gasteiger partial charge in [-0.15, -0.1) is 11.3 Å². The molecule has 122 valence electrons. The van der Waals surface area contributed by atoms with E-state index in [2.05, 4.69) is 14.9 Å². The summed E-state index contributed by atoms with van der Waals surface area (Å²) in [4.78, 5) is 26.1. The molecule has 1 amide bonds. The third-order valence-corrected chi connectivity index (χ3v) is 5.25. The maximum atomic E-state index is 12.6. The van der Waals surface area contributed by atoms with Gasteiger partial charge in [0, 0.05) is 25.3 Å². The number of carbonyl (C=O) groups is 1. The molecular weight excluding hydrogens is 310 g/mol. The minimum absolute atomic E-state index is 0.147. The molecule has 1 saturated heterocycles. The van der Waals surface area contributed by atoms with Crippen LogP contribution < -0.4 is 5.73 Å². The molecule has 23 heavy (non-hydrogen) atoms. The highest BCUT2D eigenvalue weighted by Crippen LogP contribution is 2.22. The maximum Gasteiger partial charge on any atom is 0.264 e. The average Bonchev–Trinajstić information content (AvgIpc) is 3.15. The van der Waals surface area contributed by atoms with Crippen molar-refractivity contribution >= 4 is 23.1 Å². The number of rotatable bonds is 4. The monoisotopic (exact) mass is 331 g/mol. The molecule has 0 spiro atoms. The van der Waals surface area contributed by atoms with Crippen LogP contribution in [0, 0.1) is 6.92 Å². The number of likely N-dealkylation sites (N-methyl/N-ethyl adjacent to an activating group) is 1. The summed E-state index contributed by atoms with van der Waals surface area (Å²) in [5.41, 5.74) is 6.76. The first-order valence-corrected chi connectivity index (χ1v) is 8.53. The molecule has 0 bridgehead atoms. The van der Waals surface area contributed by atoms with Crippen LogP contribution in [0.4, 0.5) is 5.82 Å². The van der Waals surface area contributed by atoms with Gasteiger partial charge in [-0.1, -0.05) is 0 Å². The number of aryl methyl sites for hydroxylation is 1. The number of nitrogens with zero attached hydrogens (tertiary/aromatic N) is 4. The Hall–Kier alpha value is -1.99. The number of thiophene rings is 1. The van der Waals surface area contributed by atoms with E-state index in [-0.39, 0.29) is 5.91 Å². The minimum atomic E-state index is 0.147. The highest BCUT2D eigenvalue weighted by Gasteiger charge is 2.30. The van der Waals surface area contributed by atoms with Crippen LogP contribution >= 0.6 is 11.3 Å². The zero-order valence-electron chi connectivity index (χ0n) is 13.4. The molecule has 1 aliphatic rings. The van der Waals surface area contributed by atoms with E-state index in [4.69, 9.17) is 5.73 Å². The van der Waals surface area contributed by atoms with Gasteiger partial charge in [0.25, 0.3) is 5.91 Å². The van der Waals surface area contributed by atoms with Crippen LogP contribution in [0.1, 0.15) is 27.5 Å². The van der Waals surface area contributed by atoms with Gasteiger partial charge in [0.05, 0.1) is 11.4 Å². The second-order valence-corrected chi connectivity index (χ2v) is 6.86. The number of carbonyl (C=O) groups excluding carboxylic acids is 1. The number of likely N-dealkylation sites (tertiary alicyclic amines) is 1. The lowest BCUT2D eigenvalue weighted by Crippen LogP contribution is -2.36. The zero-order chi connectivity index (χ0) is 16.4. The number of nitrogen functional groups attached to an aromatic ring is 1. The Labute approximate surface area is 140 Å². The molecule has 1 atom stereocenters. The number of nitrogens with two attached hydrogens (primary N) is 1. The third-order valence-electron chi connectivity index (χ3n) is 4.25. The Bertz CT molecular complexity index is 701. The summed E-state index contributed by atoms with van der Waals surface area (Å²) in [6, 6.07) is 4.00. The van der Waals surface area contributed by atoms with Crippen molar-refractivity contribution in [1.82, 2.24) is 19.8 Å². The molecule has 0 radical (unpaired) electrons. The lowest BCUT2D eigenvalue weighted by Gasteiger charge is -2.24. The molecule has 0 aliphatic carbocycles. The van der Waals surface area contributed by atoms with E-state index < -0.39 is 0 Å². The van der Waals surface area contributed by atoms with Crippen LogP contribution in [0.25, 0.3) is 0 Å². The Balaban J connectivity index is 1.61. The van der Waals surface area contributed by atoms with Gasteiger partial charge in [-0.25, -0.2) is 9.97 Å². The largest absolute Gasteiger partial charge is 0.384 e. The van der Waals surface area contributed by atoms with Gasteiger partial charge in [-0.05, 0) is 43.5 Å². The summed E-state index contributed by atoms with van der Waals surface area (Å²) in [5, 5.41) is 1.97. The summed E-state index contributed by atoms with van der Waals surface area (Å²) in [7, 11) is 2.04. The Morgan fingerprint density at radius 1 is 1.52 bits per heavy atom. The molecule has 3 rings (SSSR count). The summed E-state index contributed by atoms with van der Waals surface area (Å²) in [6.07, 6.45) is 2.64. The first-order valence-electron chi connectivity index (χ1n) is 7.65. The summed E-state index contributed by atoms with van der Waals surface area (Å²) in [5.74, 6) is 1.35. The molecule has 2 aromatic rings. The molecule has 0 aromatic carbocycles.